The molecule has 1 fully saturated rings. The minimum absolute atomic E-state index is 0. The number of nitrogens with zero attached hydrogens (tertiary/aromatic N) is 1. The molecule has 1 aliphatic rings. The number of hydrogen-bond acceptors (Lipinski definition) is 2. The van der Waals surface area contributed by atoms with E-state index < -0.39 is 0 Å². The summed E-state index contributed by atoms with van der Waals surface area (Å²) >= 11 is 0. The molecule has 57 valence electrons. The SMILES string of the molecule is [CH2-]N1CCC(=O)CC1.[CH3-].[Y]. The van der Waals surface area contributed by atoms with Crippen molar-refractivity contribution >= 4 is 5.78 Å². The van der Waals surface area contributed by atoms with Crippen molar-refractivity contribution in [2.24, 2.45) is 0 Å². The molecule has 0 aromatic heterocycles. The first-order chi connectivity index (χ1) is 3.79. The zero-order chi connectivity index (χ0) is 5.98. The Morgan fingerprint density at radius 1 is 1.30 bits per heavy atom. The molecular formula is C7H13NOY-2. The van der Waals surface area contributed by atoms with Crippen LogP contribution < -0.4 is 0 Å². The van der Waals surface area contributed by atoms with Gasteiger partial charge in [-0.25, -0.2) is 0 Å². The maximum atomic E-state index is 10.6. The van der Waals surface area contributed by atoms with Gasteiger partial charge in [0.2, 0.25) is 0 Å². The molecule has 0 aliphatic carbocycles. The molecule has 0 saturated carbocycles. The number of Topliss-reactive ketones (excluding diaryl/α,β-unsaturated/α-hetero) is 1. The van der Waals surface area contributed by atoms with E-state index in [1.54, 1.807) is 0 Å². The van der Waals surface area contributed by atoms with Crippen LogP contribution in [0, 0.1) is 14.5 Å². The number of likely N-dealkylation sites (tertiary alicyclic amines) is 1. The topological polar surface area (TPSA) is 20.3 Å². The van der Waals surface area contributed by atoms with E-state index in [0.717, 1.165) is 13.1 Å². The Balaban J connectivity index is 0. The zero-order valence-corrected chi connectivity index (χ0v) is 9.31. The van der Waals surface area contributed by atoms with Gasteiger partial charge < -0.3 is 12.3 Å². The van der Waals surface area contributed by atoms with Crippen LogP contribution in [0.1, 0.15) is 12.8 Å². The molecule has 0 atom stereocenters. The molecular weight excluding hydrogens is 203 g/mol. The van der Waals surface area contributed by atoms with Crippen LogP contribution >= 0.6 is 0 Å². The van der Waals surface area contributed by atoms with Crippen molar-refractivity contribution in [3.63, 3.8) is 0 Å². The van der Waals surface area contributed by atoms with Crippen LogP contribution in [0.15, 0.2) is 0 Å². The summed E-state index contributed by atoms with van der Waals surface area (Å²) in [5, 5.41) is 0. The van der Waals surface area contributed by atoms with Gasteiger partial charge in [0.05, 0.1) is 0 Å². The predicted molar refractivity (Wildman–Crippen MR) is 37.6 cm³/mol. The number of rotatable bonds is 0. The summed E-state index contributed by atoms with van der Waals surface area (Å²) in [4.78, 5) is 12.5. The van der Waals surface area contributed by atoms with Crippen molar-refractivity contribution in [1.29, 1.82) is 0 Å². The monoisotopic (exact) mass is 216 g/mol. The largest absolute Gasteiger partial charge is 0.458 e. The van der Waals surface area contributed by atoms with Gasteiger partial charge in [0.1, 0.15) is 5.78 Å². The second kappa shape index (κ2) is 6.44. The van der Waals surface area contributed by atoms with Crippen LogP contribution in [-0.4, -0.2) is 23.8 Å². The van der Waals surface area contributed by atoms with Gasteiger partial charge in [-0.3, -0.25) is 11.8 Å². The van der Waals surface area contributed by atoms with Crippen LogP contribution in [-0.2, 0) is 37.5 Å². The van der Waals surface area contributed by atoms with E-state index in [0.29, 0.717) is 18.6 Å². The van der Waals surface area contributed by atoms with Crippen molar-refractivity contribution in [1.82, 2.24) is 4.90 Å². The van der Waals surface area contributed by atoms with E-state index in [-0.39, 0.29) is 40.1 Å². The minimum atomic E-state index is 0. The van der Waals surface area contributed by atoms with Gasteiger partial charge in [0, 0.05) is 45.6 Å². The molecule has 1 heterocycles. The summed E-state index contributed by atoms with van der Waals surface area (Å²) in [6.07, 6.45) is 1.40. The summed E-state index contributed by atoms with van der Waals surface area (Å²) in [7, 11) is 3.71. The number of ketones is 1. The van der Waals surface area contributed by atoms with Gasteiger partial charge in [-0.05, 0) is 13.1 Å². The Morgan fingerprint density at radius 2 is 1.70 bits per heavy atom. The number of hydrogen-bond donors (Lipinski definition) is 0. The van der Waals surface area contributed by atoms with Gasteiger partial charge in [-0.15, -0.1) is 0 Å². The molecule has 2 nitrogen and oxygen atoms in total. The molecule has 0 bridgehead atoms. The van der Waals surface area contributed by atoms with Crippen LogP contribution in [0.4, 0.5) is 0 Å². The molecule has 1 saturated heterocycles. The number of carbonyl (C=O) groups excluding carboxylic acids is 1. The Morgan fingerprint density at radius 3 is 2.00 bits per heavy atom. The van der Waals surface area contributed by atoms with E-state index in [1.807, 2.05) is 4.90 Å². The van der Waals surface area contributed by atoms with Crippen molar-refractivity contribution in [3.05, 3.63) is 14.5 Å². The summed E-state index contributed by atoms with van der Waals surface area (Å²) in [5.74, 6) is 0.380. The zero-order valence-electron chi connectivity index (χ0n) is 6.47. The quantitative estimate of drug-likeness (QED) is 0.560. The van der Waals surface area contributed by atoms with E-state index in [2.05, 4.69) is 7.05 Å². The molecule has 1 rings (SSSR count). The van der Waals surface area contributed by atoms with Crippen molar-refractivity contribution in [3.8, 4) is 0 Å². The molecule has 3 heteroatoms. The molecule has 0 aromatic carbocycles. The molecule has 0 spiro atoms. The van der Waals surface area contributed by atoms with Crippen molar-refractivity contribution < 1.29 is 37.5 Å². The molecule has 10 heavy (non-hydrogen) atoms. The third kappa shape index (κ3) is 4.53. The molecule has 0 unspecified atom stereocenters. The van der Waals surface area contributed by atoms with Crippen LogP contribution in [0.5, 0.6) is 0 Å². The predicted octanol–water partition coefficient (Wildman–Crippen LogP) is 0.891. The Kier molecular flexibility index (Phi) is 8.59. The Hall–Kier alpha value is 0.734. The summed E-state index contributed by atoms with van der Waals surface area (Å²) in [5.41, 5.74) is 0. The van der Waals surface area contributed by atoms with E-state index in [4.69, 9.17) is 0 Å². The fourth-order valence-electron chi connectivity index (χ4n) is 0.802. The molecule has 0 amide bonds. The van der Waals surface area contributed by atoms with Gasteiger partial charge in [-0.2, -0.15) is 0 Å². The van der Waals surface area contributed by atoms with Crippen LogP contribution in [0.25, 0.3) is 0 Å². The van der Waals surface area contributed by atoms with E-state index in [9.17, 15) is 4.79 Å². The van der Waals surface area contributed by atoms with Gasteiger partial charge in [0.25, 0.3) is 0 Å². The summed E-state index contributed by atoms with van der Waals surface area (Å²) in [6.45, 7) is 1.69. The average Bonchev–Trinajstić information content (AvgIpc) is 1.77. The molecule has 1 radical (unpaired) electrons. The third-order valence-corrected chi connectivity index (χ3v) is 1.41. The first-order valence-electron chi connectivity index (χ1n) is 2.86. The fraction of sp³-hybridized carbons (Fsp3) is 0.571. The second-order valence-corrected chi connectivity index (χ2v) is 2.16. The summed E-state index contributed by atoms with van der Waals surface area (Å²) < 4.78 is 0. The fourth-order valence-corrected chi connectivity index (χ4v) is 0.802. The van der Waals surface area contributed by atoms with Gasteiger partial charge in [-0.1, -0.05) is 0 Å². The third-order valence-electron chi connectivity index (χ3n) is 1.41. The van der Waals surface area contributed by atoms with E-state index >= 15 is 0 Å². The van der Waals surface area contributed by atoms with Gasteiger partial charge >= 0.3 is 0 Å². The first-order valence-corrected chi connectivity index (χ1v) is 2.86. The Bertz CT molecular complexity index is 95.8. The normalized spacial score (nSPS) is 19.1. The van der Waals surface area contributed by atoms with E-state index in [1.165, 1.54) is 0 Å². The smallest absolute Gasteiger partial charge is 0.135 e. The standard InChI is InChI=1S/C6H10NO.CH3.Y/c1-7-4-2-6(8)3-5-7;;/h1-5H2;1H3;/q2*-1;. The number of carbonyl (C=O) groups is 1. The van der Waals surface area contributed by atoms with Crippen LogP contribution in [0.3, 0.4) is 0 Å². The average molecular weight is 216 g/mol. The Labute approximate surface area is 88.2 Å². The number of piperidine rings is 1. The van der Waals surface area contributed by atoms with Crippen molar-refractivity contribution in [2.75, 3.05) is 13.1 Å². The maximum absolute atomic E-state index is 10.6. The maximum Gasteiger partial charge on any atom is 0.135 e. The first kappa shape index (κ1) is 13.3. The van der Waals surface area contributed by atoms with Crippen molar-refractivity contribution in [2.45, 2.75) is 12.8 Å². The van der Waals surface area contributed by atoms with Crippen LogP contribution in [0.2, 0.25) is 0 Å². The minimum Gasteiger partial charge on any atom is -0.458 e. The van der Waals surface area contributed by atoms with Gasteiger partial charge in [0.15, 0.2) is 0 Å². The molecule has 0 aromatic rings. The molecule has 0 N–H and O–H groups in total. The molecule has 1 aliphatic heterocycles. The second-order valence-electron chi connectivity index (χ2n) is 2.16. The summed E-state index contributed by atoms with van der Waals surface area (Å²) in [6, 6.07) is 0.